The van der Waals surface area contributed by atoms with E-state index in [4.69, 9.17) is 10.00 Å². The van der Waals surface area contributed by atoms with Crippen molar-refractivity contribution in [3.63, 3.8) is 0 Å². The van der Waals surface area contributed by atoms with Gasteiger partial charge >= 0.3 is 11.7 Å². The molecule has 1 aliphatic heterocycles. The van der Waals surface area contributed by atoms with E-state index >= 15 is 0 Å². The number of halogens is 1. The standard InChI is InChI=1S/C17H21N2O3.ClH/c1-3-19(4-2)11-12-22-16(20)17(19,21)10-9-14-7-5-6-8-15(14)13-18;/h5-10,21H,3-4,11-12H2,1-2H3;1H/q+1;/p-1. The highest BCUT2D eigenvalue weighted by Gasteiger charge is 2.56. The average molecular weight is 337 g/mol. The Kier molecular flexibility index (Phi) is 6.34. The second-order valence-electron chi connectivity index (χ2n) is 5.40. The van der Waals surface area contributed by atoms with Crippen molar-refractivity contribution >= 4 is 12.0 Å². The van der Waals surface area contributed by atoms with Gasteiger partial charge in [0.15, 0.2) is 0 Å². The molecule has 1 aromatic rings. The number of aliphatic hydroxyl groups is 1. The van der Waals surface area contributed by atoms with E-state index in [1.165, 1.54) is 6.08 Å². The van der Waals surface area contributed by atoms with Crippen LogP contribution in [0.2, 0.25) is 0 Å². The number of nitriles is 1. The molecule has 124 valence electrons. The Morgan fingerprint density at radius 1 is 1.39 bits per heavy atom. The van der Waals surface area contributed by atoms with Crippen molar-refractivity contribution in [2.75, 3.05) is 26.2 Å². The number of cyclic esters (lactones) is 1. The van der Waals surface area contributed by atoms with Crippen LogP contribution in [-0.2, 0) is 9.53 Å². The van der Waals surface area contributed by atoms with Gasteiger partial charge in [-0.05, 0) is 31.6 Å². The first-order valence-corrected chi connectivity index (χ1v) is 7.47. The van der Waals surface area contributed by atoms with Crippen LogP contribution in [0.15, 0.2) is 30.3 Å². The molecule has 1 N–H and O–H groups in total. The predicted molar refractivity (Wildman–Crippen MR) is 82.3 cm³/mol. The number of carbonyl (C=O) groups excluding carboxylic acids is 1. The first-order chi connectivity index (χ1) is 10.5. The summed E-state index contributed by atoms with van der Waals surface area (Å²) in [5.41, 5.74) is -0.552. The molecular formula is C17H21ClN2O3. The molecule has 5 nitrogen and oxygen atoms in total. The second-order valence-corrected chi connectivity index (χ2v) is 5.40. The molecule has 0 bridgehead atoms. The predicted octanol–water partition coefficient (Wildman–Crippen LogP) is -1.32. The second kappa shape index (κ2) is 7.60. The van der Waals surface area contributed by atoms with Crippen LogP contribution in [0.3, 0.4) is 0 Å². The number of hydrogen-bond acceptors (Lipinski definition) is 4. The number of ether oxygens (including phenoxy) is 1. The molecule has 0 aromatic heterocycles. The Bertz CT molecular complexity index is 635. The molecule has 6 heteroatoms. The highest BCUT2D eigenvalue weighted by molar-refractivity contribution is 5.82. The fourth-order valence-corrected chi connectivity index (χ4v) is 2.98. The van der Waals surface area contributed by atoms with Crippen molar-refractivity contribution < 1.29 is 31.5 Å². The Balaban J connectivity index is 0.00000264. The summed E-state index contributed by atoms with van der Waals surface area (Å²) in [6.07, 6.45) is 3.10. The van der Waals surface area contributed by atoms with E-state index in [1.807, 2.05) is 19.9 Å². The van der Waals surface area contributed by atoms with Crippen molar-refractivity contribution in [3.8, 4) is 6.07 Å². The number of esters is 1. The molecule has 0 spiro atoms. The smallest absolute Gasteiger partial charge is 0.402 e. The van der Waals surface area contributed by atoms with E-state index in [0.717, 1.165) is 0 Å². The number of carbonyl (C=O) groups is 1. The quantitative estimate of drug-likeness (QED) is 0.547. The molecule has 0 amide bonds. The monoisotopic (exact) mass is 336 g/mol. The third-order valence-corrected chi connectivity index (χ3v) is 4.56. The number of rotatable bonds is 4. The van der Waals surface area contributed by atoms with E-state index in [1.54, 1.807) is 24.3 Å². The molecule has 0 saturated carbocycles. The normalized spacial score (nSPS) is 23.0. The number of benzene rings is 1. The zero-order chi connectivity index (χ0) is 16.2. The van der Waals surface area contributed by atoms with Crippen molar-refractivity contribution in [1.82, 2.24) is 0 Å². The van der Waals surface area contributed by atoms with Gasteiger partial charge in [0.1, 0.15) is 13.2 Å². The molecule has 1 aliphatic rings. The lowest BCUT2D eigenvalue weighted by Crippen LogP contribution is -3.00. The Morgan fingerprint density at radius 3 is 2.65 bits per heavy atom. The van der Waals surface area contributed by atoms with Gasteiger partial charge in [0, 0.05) is 6.08 Å². The minimum atomic E-state index is -1.72. The fourth-order valence-electron chi connectivity index (χ4n) is 2.98. The minimum absolute atomic E-state index is 0. The molecule has 0 radical (unpaired) electrons. The summed E-state index contributed by atoms with van der Waals surface area (Å²) in [7, 11) is 0. The van der Waals surface area contributed by atoms with Crippen molar-refractivity contribution in [3.05, 3.63) is 41.5 Å². The minimum Gasteiger partial charge on any atom is -1.00 e. The fraction of sp³-hybridized carbons (Fsp3) is 0.412. The van der Waals surface area contributed by atoms with Gasteiger partial charge in [-0.3, -0.25) is 4.48 Å². The lowest BCUT2D eigenvalue weighted by atomic mass is 10.0. The highest BCUT2D eigenvalue weighted by atomic mass is 35.5. The van der Waals surface area contributed by atoms with E-state index in [2.05, 4.69) is 6.07 Å². The Morgan fingerprint density at radius 2 is 2.04 bits per heavy atom. The third-order valence-electron chi connectivity index (χ3n) is 4.56. The first-order valence-electron chi connectivity index (χ1n) is 7.47. The van der Waals surface area contributed by atoms with Gasteiger partial charge in [0.05, 0.1) is 24.7 Å². The van der Waals surface area contributed by atoms with Gasteiger partial charge in [0.2, 0.25) is 0 Å². The van der Waals surface area contributed by atoms with Gasteiger partial charge < -0.3 is 22.3 Å². The molecule has 1 heterocycles. The molecule has 1 saturated heterocycles. The lowest BCUT2D eigenvalue weighted by Gasteiger charge is -2.48. The van der Waals surface area contributed by atoms with E-state index in [0.29, 0.717) is 37.4 Å². The van der Waals surface area contributed by atoms with Gasteiger partial charge in [-0.1, -0.05) is 18.2 Å². The number of quaternary nitrogens is 1. The van der Waals surface area contributed by atoms with Crippen LogP contribution in [0.25, 0.3) is 6.08 Å². The van der Waals surface area contributed by atoms with Crippen LogP contribution in [0.4, 0.5) is 0 Å². The average Bonchev–Trinajstić information content (AvgIpc) is 2.56. The number of likely N-dealkylation sites (N-methyl/N-ethyl adjacent to an activating group) is 1. The van der Waals surface area contributed by atoms with Gasteiger partial charge in [-0.25, -0.2) is 4.79 Å². The maximum absolute atomic E-state index is 12.2. The highest BCUT2D eigenvalue weighted by Crippen LogP contribution is 2.30. The summed E-state index contributed by atoms with van der Waals surface area (Å²) in [5, 5.41) is 20.1. The van der Waals surface area contributed by atoms with Crippen molar-refractivity contribution in [2.45, 2.75) is 19.6 Å². The third kappa shape index (κ3) is 3.25. The molecule has 1 unspecified atom stereocenters. The van der Waals surface area contributed by atoms with Gasteiger partial charge in [0.25, 0.3) is 0 Å². The van der Waals surface area contributed by atoms with Crippen LogP contribution >= 0.6 is 0 Å². The van der Waals surface area contributed by atoms with Gasteiger partial charge in [-0.2, -0.15) is 5.26 Å². The summed E-state index contributed by atoms with van der Waals surface area (Å²) < 4.78 is 5.31. The van der Waals surface area contributed by atoms with E-state index in [-0.39, 0.29) is 16.9 Å². The first kappa shape index (κ1) is 19.2. The SMILES string of the molecule is CC[N+]1(CC)CCOC(=O)C1(O)C=Cc1ccccc1C#N.[Cl-]. The number of hydrogen-bond donors (Lipinski definition) is 1. The van der Waals surface area contributed by atoms with Crippen molar-refractivity contribution in [1.29, 1.82) is 5.26 Å². The molecular weight excluding hydrogens is 316 g/mol. The summed E-state index contributed by atoms with van der Waals surface area (Å²) >= 11 is 0. The molecule has 0 aliphatic carbocycles. The Labute approximate surface area is 142 Å². The van der Waals surface area contributed by atoms with E-state index < -0.39 is 11.7 Å². The van der Waals surface area contributed by atoms with Crippen molar-refractivity contribution in [2.24, 2.45) is 0 Å². The lowest BCUT2D eigenvalue weighted by molar-refractivity contribution is -0.983. The summed E-state index contributed by atoms with van der Waals surface area (Å²) in [6.45, 7) is 6.01. The maximum Gasteiger partial charge on any atom is 0.402 e. The topological polar surface area (TPSA) is 70.3 Å². The zero-order valence-electron chi connectivity index (χ0n) is 13.3. The Hall–Kier alpha value is -1.87. The van der Waals surface area contributed by atoms with Crippen LogP contribution in [-0.4, -0.2) is 47.5 Å². The molecule has 1 atom stereocenters. The van der Waals surface area contributed by atoms with Crippen LogP contribution in [0.5, 0.6) is 0 Å². The van der Waals surface area contributed by atoms with Gasteiger partial charge in [-0.15, -0.1) is 0 Å². The van der Waals surface area contributed by atoms with E-state index in [9.17, 15) is 9.90 Å². The van der Waals surface area contributed by atoms with Crippen LogP contribution < -0.4 is 12.4 Å². The molecule has 1 fully saturated rings. The number of nitrogens with zero attached hydrogens (tertiary/aromatic N) is 2. The largest absolute Gasteiger partial charge is 1.00 e. The maximum atomic E-state index is 12.2. The number of morpholine rings is 1. The molecule has 23 heavy (non-hydrogen) atoms. The molecule has 2 rings (SSSR count). The summed E-state index contributed by atoms with van der Waals surface area (Å²) in [6, 6.07) is 9.16. The van der Waals surface area contributed by atoms with Crippen LogP contribution in [0.1, 0.15) is 25.0 Å². The van der Waals surface area contributed by atoms with Crippen LogP contribution in [0, 0.1) is 11.3 Å². The summed E-state index contributed by atoms with van der Waals surface area (Å²) in [4.78, 5) is 12.2. The zero-order valence-corrected chi connectivity index (χ0v) is 14.1. The summed E-state index contributed by atoms with van der Waals surface area (Å²) in [5.74, 6) is -0.631. The molecule has 1 aromatic carbocycles.